The number of aromatic nitrogens is 2. The van der Waals surface area contributed by atoms with E-state index in [1.807, 2.05) is 19.1 Å². The molecule has 15 heavy (non-hydrogen) atoms. The fraction of sp³-hybridized carbons (Fsp3) is 0.333. The molecule has 0 saturated heterocycles. The van der Waals surface area contributed by atoms with Gasteiger partial charge in [-0.2, -0.15) is 0 Å². The quantitative estimate of drug-likeness (QED) is 0.923. The first-order valence-corrected chi connectivity index (χ1v) is 6.34. The second-order valence-electron chi connectivity index (χ2n) is 3.15. The molecule has 1 unspecified atom stereocenters. The summed E-state index contributed by atoms with van der Waals surface area (Å²) in [5, 5.41) is 13.8. The van der Waals surface area contributed by atoms with Crippen molar-refractivity contribution in [3.63, 3.8) is 0 Å². The van der Waals surface area contributed by atoms with Crippen LogP contribution in [0.5, 0.6) is 0 Å². The highest BCUT2D eigenvalue weighted by Crippen LogP contribution is 2.28. The molecule has 1 N–H and O–H groups in total. The summed E-state index contributed by atoms with van der Waals surface area (Å²) in [6, 6.07) is 3.77. The topological polar surface area (TPSA) is 46.0 Å². The number of nitrogens with zero attached hydrogens (tertiary/aromatic N) is 2. The number of aryl methyl sites for hydroxylation is 1. The third-order valence-corrected chi connectivity index (χ3v) is 4.19. The van der Waals surface area contributed by atoms with Gasteiger partial charge in [0.05, 0.1) is 21.0 Å². The SMILES string of the molecule is Cc1nnsc1C(O)Cc1ccc(Cl)s1. The molecule has 0 aliphatic rings. The van der Waals surface area contributed by atoms with Crippen LogP contribution in [0, 0.1) is 6.92 Å². The number of rotatable bonds is 3. The Morgan fingerprint density at radius 3 is 2.87 bits per heavy atom. The van der Waals surface area contributed by atoms with Gasteiger partial charge in [0.2, 0.25) is 0 Å². The van der Waals surface area contributed by atoms with Gasteiger partial charge in [0.15, 0.2) is 0 Å². The first-order valence-electron chi connectivity index (χ1n) is 4.38. The lowest BCUT2D eigenvalue weighted by Crippen LogP contribution is -1.99. The Hall–Kier alpha value is -0.490. The molecule has 0 radical (unpaired) electrons. The van der Waals surface area contributed by atoms with Crippen LogP contribution >= 0.6 is 34.5 Å². The van der Waals surface area contributed by atoms with Crippen molar-refractivity contribution in [2.75, 3.05) is 0 Å². The van der Waals surface area contributed by atoms with E-state index in [4.69, 9.17) is 11.6 Å². The van der Waals surface area contributed by atoms with Crippen molar-refractivity contribution >= 4 is 34.5 Å². The molecule has 0 aromatic carbocycles. The van der Waals surface area contributed by atoms with Crippen LogP contribution in [0.3, 0.4) is 0 Å². The first-order chi connectivity index (χ1) is 7.16. The molecule has 0 spiro atoms. The number of hydrogen-bond acceptors (Lipinski definition) is 5. The normalized spacial score (nSPS) is 13.0. The minimum absolute atomic E-state index is 0.528. The average molecular weight is 261 g/mol. The van der Waals surface area contributed by atoms with Gasteiger partial charge >= 0.3 is 0 Å². The number of hydrogen-bond donors (Lipinski definition) is 1. The molecule has 2 heterocycles. The van der Waals surface area contributed by atoms with Crippen LogP contribution in [-0.2, 0) is 6.42 Å². The van der Waals surface area contributed by atoms with E-state index >= 15 is 0 Å². The molecular weight excluding hydrogens is 252 g/mol. The lowest BCUT2D eigenvalue weighted by Gasteiger charge is -2.06. The van der Waals surface area contributed by atoms with Crippen LogP contribution in [0.2, 0.25) is 4.34 Å². The molecular formula is C9H9ClN2OS2. The molecule has 0 fully saturated rings. The van der Waals surface area contributed by atoms with Gasteiger partial charge in [0.1, 0.15) is 0 Å². The van der Waals surface area contributed by atoms with Gasteiger partial charge in [-0.3, -0.25) is 0 Å². The molecule has 1 atom stereocenters. The summed E-state index contributed by atoms with van der Waals surface area (Å²) in [4.78, 5) is 1.90. The van der Waals surface area contributed by atoms with Gasteiger partial charge in [-0.15, -0.1) is 16.4 Å². The zero-order valence-electron chi connectivity index (χ0n) is 7.98. The fourth-order valence-corrected chi connectivity index (χ4v) is 3.04. The summed E-state index contributed by atoms with van der Waals surface area (Å²) in [7, 11) is 0. The second kappa shape index (κ2) is 4.57. The van der Waals surface area contributed by atoms with E-state index in [0.29, 0.717) is 6.42 Å². The number of halogens is 1. The Balaban J connectivity index is 2.10. The van der Waals surface area contributed by atoms with E-state index in [0.717, 1.165) is 19.8 Å². The first kappa shape index (κ1) is 11.0. The van der Waals surface area contributed by atoms with E-state index < -0.39 is 6.10 Å². The third kappa shape index (κ3) is 2.55. The van der Waals surface area contributed by atoms with Crippen LogP contribution in [0.15, 0.2) is 12.1 Å². The standard InChI is InChI=1S/C9H9ClN2OS2/c1-5-9(15-12-11-5)7(13)4-6-2-3-8(10)14-6/h2-3,7,13H,4H2,1H3. The van der Waals surface area contributed by atoms with E-state index in [9.17, 15) is 5.11 Å². The van der Waals surface area contributed by atoms with Gasteiger partial charge in [-0.1, -0.05) is 16.1 Å². The Morgan fingerprint density at radius 1 is 1.53 bits per heavy atom. The van der Waals surface area contributed by atoms with Crippen molar-refractivity contribution in [3.8, 4) is 0 Å². The maximum absolute atomic E-state index is 9.95. The van der Waals surface area contributed by atoms with Crippen molar-refractivity contribution < 1.29 is 5.11 Å². The fourth-order valence-electron chi connectivity index (χ4n) is 1.29. The highest BCUT2D eigenvalue weighted by atomic mass is 35.5. The zero-order chi connectivity index (χ0) is 10.8. The maximum Gasteiger partial charge on any atom is 0.0965 e. The minimum Gasteiger partial charge on any atom is -0.387 e. The second-order valence-corrected chi connectivity index (χ2v) is 5.73. The minimum atomic E-state index is -0.528. The predicted molar refractivity (Wildman–Crippen MR) is 62.6 cm³/mol. The molecule has 0 bridgehead atoms. The van der Waals surface area contributed by atoms with Crippen molar-refractivity contribution in [2.24, 2.45) is 0 Å². The molecule has 2 aromatic heterocycles. The van der Waals surface area contributed by atoms with E-state index in [1.54, 1.807) is 0 Å². The Morgan fingerprint density at radius 2 is 2.33 bits per heavy atom. The zero-order valence-corrected chi connectivity index (χ0v) is 10.4. The number of thiophene rings is 1. The van der Waals surface area contributed by atoms with Crippen LogP contribution in [0.1, 0.15) is 21.6 Å². The highest BCUT2D eigenvalue weighted by Gasteiger charge is 2.15. The van der Waals surface area contributed by atoms with E-state index in [-0.39, 0.29) is 0 Å². The summed E-state index contributed by atoms with van der Waals surface area (Å²) in [5.74, 6) is 0. The summed E-state index contributed by atoms with van der Waals surface area (Å²) >= 11 is 8.55. The van der Waals surface area contributed by atoms with Gasteiger partial charge in [0.25, 0.3) is 0 Å². The summed E-state index contributed by atoms with van der Waals surface area (Å²) in [5.41, 5.74) is 0.801. The Labute approximate surface area is 101 Å². The van der Waals surface area contributed by atoms with Crippen molar-refractivity contribution in [1.29, 1.82) is 0 Å². The summed E-state index contributed by atoms with van der Waals surface area (Å²) < 4.78 is 4.55. The number of aliphatic hydroxyl groups excluding tert-OH is 1. The van der Waals surface area contributed by atoms with E-state index in [2.05, 4.69) is 9.59 Å². The summed E-state index contributed by atoms with van der Waals surface area (Å²) in [6.07, 6.45) is 0.0435. The molecule has 0 aliphatic heterocycles. The molecule has 2 rings (SSSR count). The molecule has 6 heteroatoms. The highest BCUT2D eigenvalue weighted by molar-refractivity contribution is 7.16. The van der Waals surface area contributed by atoms with Crippen LogP contribution < -0.4 is 0 Å². The number of aliphatic hydroxyl groups is 1. The molecule has 80 valence electrons. The largest absolute Gasteiger partial charge is 0.387 e. The van der Waals surface area contributed by atoms with Gasteiger partial charge < -0.3 is 5.11 Å². The third-order valence-electron chi connectivity index (χ3n) is 2.01. The van der Waals surface area contributed by atoms with Gasteiger partial charge in [-0.25, -0.2) is 0 Å². The average Bonchev–Trinajstić information content (AvgIpc) is 2.75. The van der Waals surface area contributed by atoms with Gasteiger partial charge in [-0.05, 0) is 30.6 Å². The van der Waals surface area contributed by atoms with Gasteiger partial charge in [0, 0.05) is 11.3 Å². The van der Waals surface area contributed by atoms with Crippen molar-refractivity contribution in [3.05, 3.63) is 31.9 Å². The summed E-state index contributed by atoms with van der Waals surface area (Å²) in [6.45, 7) is 1.85. The molecule has 2 aromatic rings. The molecule has 3 nitrogen and oxygen atoms in total. The smallest absolute Gasteiger partial charge is 0.0965 e. The monoisotopic (exact) mass is 260 g/mol. The van der Waals surface area contributed by atoms with Crippen LogP contribution in [-0.4, -0.2) is 14.7 Å². The predicted octanol–water partition coefficient (Wildman–Crippen LogP) is 2.84. The van der Waals surface area contributed by atoms with Crippen LogP contribution in [0.4, 0.5) is 0 Å². The van der Waals surface area contributed by atoms with Crippen molar-refractivity contribution in [2.45, 2.75) is 19.4 Å². The molecule has 0 saturated carbocycles. The van der Waals surface area contributed by atoms with Crippen molar-refractivity contribution in [1.82, 2.24) is 9.59 Å². The molecule has 0 aliphatic carbocycles. The van der Waals surface area contributed by atoms with E-state index in [1.165, 1.54) is 22.9 Å². The Bertz CT molecular complexity index is 454. The lowest BCUT2D eigenvalue weighted by molar-refractivity contribution is 0.182. The van der Waals surface area contributed by atoms with Crippen LogP contribution in [0.25, 0.3) is 0 Å². The lowest BCUT2D eigenvalue weighted by atomic mass is 10.2. The maximum atomic E-state index is 9.95. The Kier molecular flexibility index (Phi) is 3.35. The molecule has 0 amide bonds.